The molecular weight excluding hydrogens is 469 g/mol. The van der Waals surface area contributed by atoms with E-state index in [1.807, 2.05) is 13.8 Å². The van der Waals surface area contributed by atoms with E-state index in [2.05, 4.69) is 10.1 Å². The second-order valence-electron chi connectivity index (χ2n) is 9.01. The number of rotatable bonds is 6. The summed E-state index contributed by atoms with van der Waals surface area (Å²) in [5.74, 6) is -0.613. The molecule has 2 unspecified atom stereocenters. The number of sulfone groups is 1. The Morgan fingerprint density at radius 2 is 1.88 bits per heavy atom. The lowest BCUT2D eigenvalue weighted by Gasteiger charge is -2.46. The molecule has 0 radical (unpaired) electrons. The van der Waals surface area contributed by atoms with Crippen LogP contribution in [0.2, 0.25) is 0 Å². The first-order valence-electron chi connectivity index (χ1n) is 11.0. The molecule has 1 aromatic carbocycles. The summed E-state index contributed by atoms with van der Waals surface area (Å²) < 4.78 is 60.1. The highest BCUT2D eigenvalue weighted by atomic mass is 32.2. The van der Waals surface area contributed by atoms with Crippen LogP contribution in [0.1, 0.15) is 32.8 Å². The minimum Gasteiger partial charge on any atom is -0.447 e. The second-order valence-corrected chi connectivity index (χ2v) is 11.0. The molecule has 2 saturated heterocycles. The summed E-state index contributed by atoms with van der Waals surface area (Å²) in [4.78, 5) is 18.0. The smallest absolute Gasteiger partial charge is 0.410 e. The molecule has 2 aromatic rings. The number of likely N-dealkylation sites (tertiary alicyclic amines) is 1. The molecule has 3 heterocycles. The normalized spacial score (nSPS) is 23.7. The summed E-state index contributed by atoms with van der Waals surface area (Å²) >= 11 is 0. The van der Waals surface area contributed by atoms with Crippen molar-refractivity contribution in [2.24, 2.45) is 11.8 Å². The van der Waals surface area contributed by atoms with Crippen LogP contribution in [0.5, 0.6) is 0 Å². The average Bonchev–Trinajstić information content (AvgIpc) is 3.22. The quantitative estimate of drug-likeness (QED) is 0.593. The summed E-state index contributed by atoms with van der Waals surface area (Å²) in [7, 11) is -3.68. The van der Waals surface area contributed by atoms with Crippen LogP contribution in [-0.2, 0) is 24.0 Å². The first kappa shape index (κ1) is 24.6. The molecule has 0 spiro atoms. The van der Waals surface area contributed by atoms with Crippen molar-refractivity contribution in [1.82, 2.24) is 15.0 Å². The Balaban J connectivity index is 1.44. The van der Waals surface area contributed by atoms with Gasteiger partial charge in [-0.1, -0.05) is 5.16 Å². The molecule has 12 heteroatoms. The van der Waals surface area contributed by atoms with E-state index in [0.29, 0.717) is 26.3 Å². The molecule has 2 bridgehead atoms. The van der Waals surface area contributed by atoms with Crippen LogP contribution < -0.4 is 0 Å². The zero-order valence-corrected chi connectivity index (χ0v) is 20.2. The van der Waals surface area contributed by atoms with Crippen LogP contribution >= 0.6 is 0 Å². The Labute approximate surface area is 197 Å². The van der Waals surface area contributed by atoms with E-state index < -0.39 is 26.7 Å². The number of carbonyl (C=O) groups is 1. The van der Waals surface area contributed by atoms with E-state index in [1.165, 1.54) is 12.1 Å². The minimum atomic E-state index is -3.68. The number of fused-ring (bicyclic) bond motifs is 2. The number of hydrogen-bond donors (Lipinski definition) is 0. The van der Waals surface area contributed by atoms with Crippen LogP contribution in [0.3, 0.4) is 0 Å². The lowest BCUT2D eigenvalue weighted by Crippen LogP contribution is -2.58. The summed E-state index contributed by atoms with van der Waals surface area (Å²) in [5.41, 5.74) is 0.286. The lowest BCUT2D eigenvalue weighted by molar-refractivity contribution is -0.167. The highest BCUT2D eigenvalue weighted by Gasteiger charge is 2.44. The van der Waals surface area contributed by atoms with Gasteiger partial charge >= 0.3 is 6.09 Å². The Hall–Kier alpha value is -2.57. The molecule has 0 N–H and O–H groups in total. The number of carbonyl (C=O) groups excluding carboxylic acids is 1. The van der Waals surface area contributed by atoms with Crippen LogP contribution in [0.25, 0.3) is 11.4 Å². The van der Waals surface area contributed by atoms with Crippen molar-refractivity contribution >= 4 is 15.9 Å². The predicted molar refractivity (Wildman–Crippen MR) is 117 cm³/mol. The van der Waals surface area contributed by atoms with Crippen molar-refractivity contribution < 1.29 is 36.3 Å². The summed E-state index contributed by atoms with van der Waals surface area (Å²) in [5, 5.41) is 3.89. The van der Waals surface area contributed by atoms with E-state index in [-0.39, 0.29) is 47.4 Å². The van der Waals surface area contributed by atoms with Crippen molar-refractivity contribution in [2.45, 2.75) is 44.0 Å². The number of hydrogen-bond acceptors (Lipinski definition) is 9. The standard InChI is InChI=1S/C22H28FN3O7S/c1-12(2)31-22(27)26-8-15-10-30-11-16(9-26)19(15)32-13(3)21-24-20(25-33-21)14-5-6-18(17(23)7-14)34(4,28)29/h5-7,12-13,15-16,19H,8-11H2,1-4H3/t13-,15?,16?,19?/m1/s1. The zero-order valence-electron chi connectivity index (χ0n) is 19.4. The van der Waals surface area contributed by atoms with Crippen molar-refractivity contribution in [1.29, 1.82) is 0 Å². The van der Waals surface area contributed by atoms with Gasteiger partial charge in [0.2, 0.25) is 5.82 Å². The van der Waals surface area contributed by atoms with Gasteiger partial charge in [0.25, 0.3) is 5.89 Å². The Morgan fingerprint density at radius 1 is 1.21 bits per heavy atom. The highest BCUT2D eigenvalue weighted by molar-refractivity contribution is 7.90. The van der Waals surface area contributed by atoms with E-state index in [9.17, 15) is 17.6 Å². The summed E-state index contributed by atoms with van der Waals surface area (Å²) in [6.07, 6.45) is -0.318. The first-order chi connectivity index (χ1) is 16.0. The lowest BCUT2D eigenvalue weighted by atomic mass is 9.84. The van der Waals surface area contributed by atoms with Gasteiger partial charge in [0, 0.05) is 36.7 Å². The maximum absolute atomic E-state index is 14.3. The number of piperidine rings is 1. The van der Waals surface area contributed by atoms with Crippen LogP contribution in [-0.4, -0.2) is 74.3 Å². The predicted octanol–water partition coefficient (Wildman–Crippen LogP) is 2.85. The second kappa shape index (κ2) is 9.59. The maximum Gasteiger partial charge on any atom is 0.410 e. The third kappa shape index (κ3) is 5.23. The monoisotopic (exact) mass is 497 g/mol. The van der Waals surface area contributed by atoms with Gasteiger partial charge in [-0.05, 0) is 39.0 Å². The van der Waals surface area contributed by atoms with Crippen molar-refractivity contribution in [3.05, 3.63) is 29.9 Å². The van der Waals surface area contributed by atoms with Gasteiger partial charge in [0.15, 0.2) is 9.84 Å². The SMILES string of the molecule is CC(C)OC(=O)N1CC2COCC(C1)C2O[C@H](C)c1nc(-c2ccc(S(C)(=O)=O)c(F)c2)no1. The fraction of sp³-hybridized carbons (Fsp3) is 0.591. The summed E-state index contributed by atoms with van der Waals surface area (Å²) in [6, 6.07) is 3.66. The van der Waals surface area contributed by atoms with Crippen molar-refractivity contribution in [2.75, 3.05) is 32.6 Å². The van der Waals surface area contributed by atoms with Gasteiger partial charge in [-0.25, -0.2) is 17.6 Å². The van der Waals surface area contributed by atoms with Crippen LogP contribution in [0, 0.1) is 17.7 Å². The van der Waals surface area contributed by atoms with Gasteiger partial charge in [0.05, 0.1) is 25.4 Å². The van der Waals surface area contributed by atoms with Crippen LogP contribution in [0.4, 0.5) is 9.18 Å². The van der Waals surface area contributed by atoms with Gasteiger partial charge in [-0.2, -0.15) is 4.98 Å². The third-order valence-electron chi connectivity index (χ3n) is 5.84. The van der Waals surface area contributed by atoms with E-state index in [4.69, 9.17) is 18.7 Å². The number of amides is 1. The molecule has 2 aliphatic rings. The molecule has 1 aromatic heterocycles. The molecule has 34 heavy (non-hydrogen) atoms. The molecule has 4 rings (SSSR count). The number of ether oxygens (including phenoxy) is 3. The Morgan fingerprint density at radius 3 is 2.47 bits per heavy atom. The largest absolute Gasteiger partial charge is 0.447 e. The van der Waals surface area contributed by atoms with Gasteiger partial charge in [0.1, 0.15) is 16.8 Å². The van der Waals surface area contributed by atoms with E-state index in [0.717, 1.165) is 12.3 Å². The average molecular weight is 498 g/mol. The number of aromatic nitrogens is 2. The molecular formula is C22H28FN3O7S. The fourth-order valence-electron chi connectivity index (χ4n) is 4.30. The highest BCUT2D eigenvalue weighted by Crippen LogP contribution is 2.34. The van der Waals surface area contributed by atoms with E-state index in [1.54, 1.807) is 11.8 Å². The Bertz CT molecular complexity index is 1140. The van der Waals surface area contributed by atoms with Gasteiger partial charge < -0.3 is 23.6 Å². The number of halogens is 1. The molecule has 2 fully saturated rings. The molecule has 2 aliphatic heterocycles. The Kier molecular flexibility index (Phi) is 6.92. The number of benzene rings is 1. The molecule has 1 amide bonds. The zero-order chi connectivity index (χ0) is 24.6. The van der Waals surface area contributed by atoms with E-state index >= 15 is 0 Å². The molecule has 3 atom stereocenters. The number of nitrogens with zero attached hydrogens (tertiary/aromatic N) is 3. The molecule has 0 saturated carbocycles. The molecule has 186 valence electrons. The van der Waals surface area contributed by atoms with Gasteiger partial charge in [-0.15, -0.1) is 0 Å². The van der Waals surface area contributed by atoms with Crippen molar-refractivity contribution in [3.8, 4) is 11.4 Å². The fourth-order valence-corrected chi connectivity index (χ4v) is 5.03. The topological polar surface area (TPSA) is 121 Å². The minimum absolute atomic E-state index is 0.0327. The molecule has 0 aliphatic carbocycles. The van der Waals surface area contributed by atoms with Crippen LogP contribution in [0.15, 0.2) is 27.6 Å². The first-order valence-corrected chi connectivity index (χ1v) is 12.9. The van der Waals surface area contributed by atoms with Crippen molar-refractivity contribution in [3.63, 3.8) is 0 Å². The third-order valence-corrected chi connectivity index (χ3v) is 6.97. The maximum atomic E-state index is 14.3. The van der Waals surface area contributed by atoms with Gasteiger partial charge in [-0.3, -0.25) is 0 Å². The summed E-state index contributed by atoms with van der Waals surface area (Å²) in [6.45, 7) is 7.24. The molecule has 10 nitrogen and oxygen atoms in total.